The first-order valence-corrected chi connectivity index (χ1v) is 6.15. The van der Waals surface area contributed by atoms with Gasteiger partial charge in [-0.2, -0.15) is 0 Å². The van der Waals surface area contributed by atoms with Crippen molar-refractivity contribution in [2.45, 2.75) is 6.92 Å². The second kappa shape index (κ2) is 4.77. The third-order valence-corrected chi connectivity index (χ3v) is 2.96. The molecule has 0 saturated carbocycles. The van der Waals surface area contributed by atoms with Crippen LogP contribution in [0.1, 0.15) is 16.1 Å². The lowest BCUT2D eigenvalue weighted by Crippen LogP contribution is -2.12. The highest BCUT2D eigenvalue weighted by Crippen LogP contribution is 2.17. The average Bonchev–Trinajstić information content (AvgIpc) is 2.81. The van der Waals surface area contributed by atoms with E-state index in [9.17, 15) is 9.18 Å². The molecule has 2 aromatic heterocycles. The summed E-state index contributed by atoms with van der Waals surface area (Å²) in [5.74, 6) is -0.661. The fourth-order valence-electron chi connectivity index (χ4n) is 2.03. The topological polar surface area (TPSA) is 46.4 Å². The Morgan fingerprint density at radius 3 is 2.75 bits per heavy atom. The summed E-state index contributed by atoms with van der Waals surface area (Å²) in [5, 5.41) is 2.79. The van der Waals surface area contributed by atoms with Crippen LogP contribution in [0.5, 0.6) is 0 Å². The number of anilines is 1. The Morgan fingerprint density at radius 1 is 1.25 bits per heavy atom. The number of benzene rings is 1. The Morgan fingerprint density at radius 2 is 2.00 bits per heavy atom. The number of aryl methyl sites for hydroxylation is 1. The number of nitrogens with one attached hydrogen (secondary N) is 1. The summed E-state index contributed by atoms with van der Waals surface area (Å²) in [5.41, 5.74) is 2.57. The van der Waals surface area contributed by atoms with E-state index in [2.05, 4.69) is 10.3 Å². The van der Waals surface area contributed by atoms with E-state index in [1.807, 2.05) is 29.8 Å². The molecule has 100 valence electrons. The molecule has 1 aromatic carbocycles. The number of amides is 1. The third-order valence-electron chi connectivity index (χ3n) is 2.96. The van der Waals surface area contributed by atoms with Crippen molar-refractivity contribution in [2.75, 3.05) is 5.32 Å². The molecular weight excluding hydrogens is 257 g/mol. The fraction of sp³-hybridized carbons (Fsp3) is 0.0667. The number of carbonyl (C=O) groups is 1. The Balaban J connectivity index is 1.93. The summed E-state index contributed by atoms with van der Waals surface area (Å²) in [7, 11) is 0. The van der Waals surface area contributed by atoms with Gasteiger partial charge in [0.25, 0.3) is 5.91 Å². The molecule has 0 bridgehead atoms. The number of hydrogen-bond donors (Lipinski definition) is 1. The van der Waals surface area contributed by atoms with Crippen LogP contribution in [0.2, 0.25) is 0 Å². The van der Waals surface area contributed by atoms with Crippen LogP contribution >= 0.6 is 0 Å². The summed E-state index contributed by atoms with van der Waals surface area (Å²) >= 11 is 0. The van der Waals surface area contributed by atoms with Gasteiger partial charge in [-0.1, -0.05) is 0 Å². The van der Waals surface area contributed by atoms with Gasteiger partial charge in [0.1, 0.15) is 5.82 Å². The molecule has 0 radical (unpaired) electrons. The van der Waals surface area contributed by atoms with Crippen molar-refractivity contribution in [3.8, 4) is 0 Å². The van der Waals surface area contributed by atoms with Gasteiger partial charge in [-0.3, -0.25) is 4.79 Å². The highest BCUT2D eigenvalue weighted by molar-refractivity contribution is 6.05. The summed E-state index contributed by atoms with van der Waals surface area (Å²) in [6.07, 6.45) is 3.74. The van der Waals surface area contributed by atoms with Crippen molar-refractivity contribution in [1.29, 1.82) is 0 Å². The van der Waals surface area contributed by atoms with Gasteiger partial charge in [-0.15, -0.1) is 0 Å². The monoisotopic (exact) mass is 269 g/mol. The number of pyridine rings is 1. The molecule has 0 atom stereocenters. The van der Waals surface area contributed by atoms with Gasteiger partial charge < -0.3 is 9.72 Å². The normalized spacial score (nSPS) is 10.7. The second-order valence-electron chi connectivity index (χ2n) is 4.50. The van der Waals surface area contributed by atoms with Crippen molar-refractivity contribution in [1.82, 2.24) is 9.38 Å². The van der Waals surface area contributed by atoms with Crippen LogP contribution in [-0.4, -0.2) is 15.3 Å². The number of aromatic nitrogens is 2. The first-order chi connectivity index (χ1) is 9.63. The number of halogens is 1. The summed E-state index contributed by atoms with van der Waals surface area (Å²) in [6.45, 7) is 1.89. The number of carbonyl (C=O) groups excluding carboxylic acids is 1. The standard InChI is InChI=1S/C15H12FN3O/c1-10-9-19-8-2-3-13(14(19)17-10)18-15(20)11-4-6-12(16)7-5-11/h2-9H,1H3,(H,18,20). The second-order valence-corrected chi connectivity index (χ2v) is 4.50. The summed E-state index contributed by atoms with van der Waals surface area (Å²) in [4.78, 5) is 16.5. The van der Waals surface area contributed by atoms with Crippen LogP contribution < -0.4 is 5.32 Å². The molecule has 0 aliphatic carbocycles. The molecule has 3 aromatic rings. The van der Waals surface area contributed by atoms with Gasteiger partial charge in [-0.05, 0) is 43.3 Å². The van der Waals surface area contributed by atoms with E-state index in [4.69, 9.17) is 0 Å². The van der Waals surface area contributed by atoms with Crippen molar-refractivity contribution < 1.29 is 9.18 Å². The van der Waals surface area contributed by atoms with Gasteiger partial charge in [0.2, 0.25) is 0 Å². The quantitative estimate of drug-likeness (QED) is 0.777. The molecule has 0 aliphatic rings. The molecular formula is C15H12FN3O. The van der Waals surface area contributed by atoms with E-state index in [1.54, 1.807) is 6.07 Å². The van der Waals surface area contributed by atoms with Crippen molar-refractivity contribution in [2.24, 2.45) is 0 Å². The van der Waals surface area contributed by atoms with Gasteiger partial charge in [0, 0.05) is 18.0 Å². The van der Waals surface area contributed by atoms with E-state index in [0.29, 0.717) is 16.9 Å². The largest absolute Gasteiger partial charge is 0.319 e. The molecule has 0 spiro atoms. The molecule has 20 heavy (non-hydrogen) atoms. The molecule has 1 amide bonds. The fourth-order valence-corrected chi connectivity index (χ4v) is 2.03. The molecule has 1 N–H and O–H groups in total. The van der Waals surface area contributed by atoms with Gasteiger partial charge in [0.15, 0.2) is 5.65 Å². The Hall–Kier alpha value is -2.69. The molecule has 0 fully saturated rings. The first-order valence-electron chi connectivity index (χ1n) is 6.15. The predicted octanol–water partition coefficient (Wildman–Crippen LogP) is 3.03. The van der Waals surface area contributed by atoms with E-state index < -0.39 is 0 Å². The molecule has 0 unspecified atom stereocenters. The highest BCUT2D eigenvalue weighted by Gasteiger charge is 2.10. The Bertz CT molecular complexity index is 777. The van der Waals surface area contributed by atoms with Crippen molar-refractivity contribution in [3.05, 3.63) is 65.9 Å². The minimum absolute atomic E-state index is 0.293. The van der Waals surface area contributed by atoms with Crippen LogP contribution in [0.15, 0.2) is 48.8 Å². The molecule has 2 heterocycles. The lowest BCUT2D eigenvalue weighted by molar-refractivity contribution is 0.102. The SMILES string of the molecule is Cc1cn2cccc(NC(=O)c3ccc(F)cc3)c2n1. The Labute approximate surface area is 114 Å². The number of hydrogen-bond acceptors (Lipinski definition) is 2. The summed E-state index contributed by atoms with van der Waals surface area (Å²) in [6, 6.07) is 9.02. The van der Waals surface area contributed by atoms with E-state index in [-0.39, 0.29) is 11.7 Å². The number of nitrogens with zero attached hydrogens (tertiary/aromatic N) is 2. The maximum atomic E-state index is 12.8. The van der Waals surface area contributed by atoms with E-state index in [0.717, 1.165) is 5.69 Å². The van der Waals surface area contributed by atoms with Gasteiger partial charge in [-0.25, -0.2) is 9.37 Å². The maximum Gasteiger partial charge on any atom is 0.255 e. The Kier molecular flexibility index (Phi) is 2.95. The van der Waals surface area contributed by atoms with E-state index >= 15 is 0 Å². The maximum absolute atomic E-state index is 12.8. The lowest BCUT2D eigenvalue weighted by Gasteiger charge is -2.06. The number of imidazole rings is 1. The number of fused-ring (bicyclic) bond motifs is 1. The highest BCUT2D eigenvalue weighted by atomic mass is 19.1. The van der Waals surface area contributed by atoms with Crippen molar-refractivity contribution in [3.63, 3.8) is 0 Å². The zero-order chi connectivity index (χ0) is 14.1. The number of rotatable bonds is 2. The first kappa shape index (κ1) is 12.3. The van der Waals surface area contributed by atoms with Crippen LogP contribution in [0.3, 0.4) is 0 Å². The minimum atomic E-state index is -0.368. The average molecular weight is 269 g/mol. The molecule has 3 rings (SSSR count). The summed E-state index contributed by atoms with van der Waals surface area (Å²) < 4.78 is 14.7. The van der Waals surface area contributed by atoms with Crippen LogP contribution in [-0.2, 0) is 0 Å². The molecule has 5 heteroatoms. The molecule has 0 aliphatic heterocycles. The zero-order valence-electron chi connectivity index (χ0n) is 10.8. The van der Waals surface area contributed by atoms with Gasteiger partial charge >= 0.3 is 0 Å². The van der Waals surface area contributed by atoms with Crippen molar-refractivity contribution >= 4 is 17.2 Å². The van der Waals surface area contributed by atoms with Crippen LogP contribution in [0, 0.1) is 12.7 Å². The smallest absolute Gasteiger partial charge is 0.255 e. The van der Waals surface area contributed by atoms with Gasteiger partial charge in [0.05, 0.1) is 11.4 Å². The van der Waals surface area contributed by atoms with Crippen LogP contribution in [0.25, 0.3) is 5.65 Å². The predicted molar refractivity (Wildman–Crippen MR) is 74.3 cm³/mol. The zero-order valence-corrected chi connectivity index (χ0v) is 10.8. The molecule has 0 saturated heterocycles. The minimum Gasteiger partial charge on any atom is -0.319 e. The van der Waals surface area contributed by atoms with Crippen LogP contribution in [0.4, 0.5) is 10.1 Å². The lowest BCUT2D eigenvalue weighted by atomic mass is 10.2. The van der Waals surface area contributed by atoms with E-state index in [1.165, 1.54) is 24.3 Å². The molecule has 4 nitrogen and oxygen atoms in total. The third kappa shape index (κ3) is 2.25.